The zero-order valence-corrected chi connectivity index (χ0v) is 22.5. The summed E-state index contributed by atoms with van der Waals surface area (Å²) in [5.74, 6) is 0.520. The van der Waals surface area contributed by atoms with E-state index < -0.39 is 0 Å². The number of hydrazine groups is 1. The molecule has 0 saturated carbocycles. The number of ether oxygens (including phenoxy) is 1. The van der Waals surface area contributed by atoms with Crippen LogP contribution in [0.1, 0.15) is 59.1 Å². The lowest BCUT2D eigenvalue weighted by Gasteiger charge is -2.27. The number of nitrogens with one attached hydrogen (secondary N) is 1. The van der Waals surface area contributed by atoms with Gasteiger partial charge in [-0.05, 0) is 44.4 Å². The average molecular weight is 495 g/mol. The predicted molar refractivity (Wildman–Crippen MR) is 148 cm³/mol. The van der Waals surface area contributed by atoms with Gasteiger partial charge in [-0.2, -0.15) is 0 Å². The second-order valence-electron chi connectivity index (χ2n) is 8.80. The molecule has 2 heterocycles. The molecule has 1 N–H and O–H groups in total. The smallest absolute Gasteiger partial charge is 0.252 e. The highest BCUT2D eigenvalue weighted by atomic mass is 16.5. The number of carbonyl (C=O) groups is 1. The molecule has 0 unspecified atom stereocenters. The number of pyridine rings is 1. The van der Waals surface area contributed by atoms with Crippen LogP contribution < -0.4 is 11.0 Å². The standard InChI is InChI=1S/C29H42N4O3/c1-7-11-12-15-24(9-3)21-31-16-13-17-32-27(22-31)18-25(19-29(32)35)30-33(23(5)34)26(14-8-2)20-28(10-4)36-6/h8,10-12,14-15,18-19,30H,2,7,9,13,16-17,20-22H2,1,3-6H3. The molecule has 196 valence electrons. The maximum Gasteiger partial charge on any atom is 0.252 e. The van der Waals surface area contributed by atoms with Gasteiger partial charge in [0, 0.05) is 51.3 Å². The lowest BCUT2D eigenvalue weighted by atomic mass is 10.1. The quantitative estimate of drug-likeness (QED) is 0.235. The molecule has 0 radical (unpaired) electrons. The summed E-state index contributed by atoms with van der Waals surface area (Å²) in [6, 6.07) is 3.53. The number of aromatic nitrogens is 1. The van der Waals surface area contributed by atoms with Gasteiger partial charge in [-0.15, -0.1) is 0 Å². The average Bonchev–Trinajstić information content (AvgIpc) is 3.06. The van der Waals surface area contributed by atoms with E-state index in [9.17, 15) is 9.59 Å². The topological polar surface area (TPSA) is 66.8 Å². The Morgan fingerprint density at radius 2 is 2.03 bits per heavy atom. The van der Waals surface area contributed by atoms with E-state index in [4.69, 9.17) is 4.74 Å². The van der Waals surface area contributed by atoms with Gasteiger partial charge in [0.05, 0.1) is 24.3 Å². The molecule has 1 aliphatic rings. The number of fused-ring (bicyclic) bond motifs is 1. The third-order valence-corrected chi connectivity index (χ3v) is 6.13. The Hall–Kier alpha value is -3.32. The Balaban J connectivity index is 2.34. The monoisotopic (exact) mass is 494 g/mol. The molecule has 0 fully saturated rings. The summed E-state index contributed by atoms with van der Waals surface area (Å²) in [6.45, 7) is 14.6. The molecule has 0 aliphatic carbocycles. The molecule has 0 spiro atoms. The molecule has 7 heteroatoms. The van der Waals surface area contributed by atoms with Crippen molar-refractivity contribution in [2.45, 2.75) is 66.5 Å². The minimum absolute atomic E-state index is 0.0715. The van der Waals surface area contributed by atoms with Crippen molar-refractivity contribution in [3.8, 4) is 0 Å². The van der Waals surface area contributed by atoms with Crippen LogP contribution in [-0.2, 0) is 22.6 Å². The third kappa shape index (κ3) is 8.41. The molecule has 0 aromatic carbocycles. The van der Waals surface area contributed by atoms with Crippen LogP contribution in [0.2, 0.25) is 0 Å². The van der Waals surface area contributed by atoms with Crippen molar-refractivity contribution >= 4 is 11.6 Å². The molecule has 36 heavy (non-hydrogen) atoms. The number of anilines is 1. The summed E-state index contributed by atoms with van der Waals surface area (Å²) in [4.78, 5) is 28.0. The fraction of sp³-hybridized carbons (Fsp3) is 0.448. The number of amides is 1. The second-order valence-corrected chi connectivity index (χ2v) is 8.80. The summed E-state index contributed by atoms with van der Waals surface area (Å²) in [6.07, 6.45) is 15.1. The summed E-state index contributed by atoms with van der Waals surface area (Å²) in [7, 11) is 1.60. The Morgan fingerprint density at radius 3 is 2.64 bits per heavy atom. The van der Waals surface area contributed by atoms with Crippen LogP contribution in [0.3, 0.4) is 0 Å². The zero-order valence-electron chi connectivity index (χ0n) is 22.5. The van der Waals surface area contributed by atoms with E-state index in [0.29, 0.717) is 30.9 Å². The number of hydrogen-bond acceptors (Lipinski definition) is 5. The first-order valence-electron chi connectivity index (χ1n) is 12.8. The molecule has 1 aromatic rings. The van der Waals surface area contributed by atoms with Gasteiger partial charge < -0.3 is 9.30 Å². The Labute approximate surface area is 216 Å². The number of methoxy groups -OCH3 is 1. The molecule has 2 rings (SSSR count). The molecule has 7 nitrogen and oxygen atoms in total. The zero-order chi connectivity index (χ0) is 26.5. The molecule has 0 bridgehead atoms. The normalized spacial score (nSPS) is 15.4. The van der Waals surface area contributed by atoms with E-state index in [0.717, 1.165) is 43.8 Å². The van der Waals surface area contributed by atoms with Crippen molar-refractivity contribution in [3.63, 3.8) is 0 Å². The largest absolute Gasteiger partial charge is 0.501 e. The first-order chi connectivity index (χ1) is 17.4. The second kappa shape index (κ2) is 14.9. The van der Waals surface area contributed by atoms with Crippen molar-refractivity contribution in [1.29, 1.82) is 0 Å². The first kappa shape index (κ1) is 28.9. The molecular weight excluding hydrogens is 452 g/mol. The van der Waals surface area contributed by atoms with Crippen LogP contribution in [0.15, 0.2) is 77.0 Å². The van der Waals surface area contributed by atoms with E-state index >= 15 is 0 Å². The van der Waals surface area contributed by atoms with Gasteiger partial charge in [-0.1, -0.05) is 50.3 Å². The molecule has 1 amide bonds. The molecule has 0 atom stereocenters. The first-order valence-corrected chi connectivity index (χ1v) is 12.8. The van der Waals surface area contributed by atoms with Crippen LogP contribution in [0.25, 0.3) is 0 Å². The number of rotatable bonds is 12. The molecule has 1 aromatic heterocycles. The van der Waals surface area contributed by atoms with Gasteiger partial charge in [0.1, 0.15) is 0 Å². The van der Waals surface area contributed by atoms with E-state index in [2.05, 4.69) is 49.0 Å². The fourth-order valence-electron chi connectivity index (χ4n) is 4.21. The lowest BCUT2D eigenvalue weighted by Crippen LogP contribution is -2.35. The SMILES string of the molecule is C=CC=C(CC(=CC)OC)N(Nc1cc2n(c(=O)c1)CCCN(CC(=CC=CCC)CC)C2)C(C)=O. The van der Waals surface area contributed by atoms with E-state index in [1.807, 2.05) is 23.6 Å². The maximum absolute atomic E-state index is 13.0. The summed E-state index contributed by atoms with van der Waals surface area (Å²) in [5, 5.41) is 1.45. The molecule has 0 saturated heterocycles. The van der Waals surface area contributed by atoms with Gasteiger partial charge in [0.2, 0.25) is 5.91 Å². The highest BCUT2D eigenvalue weighted by Gasteiger charge is 2.20. The van der Waals surface area contributed by atoms with Crippen molar-refractivity contribution in [2.24, 2.45) is 0 Å². The van der Waals surface area contributed by atoms with Crippen LogP contribution >= 0.6 is 0 Å². The minimum Gasteiger partial charge on any atom is -0.501 e. The highest BCUT2D eigenvalue weighted by Crippen LogP contribution is 2.21. The lowest BCUT2D eigenvalue weighted by molar-refractivity contribution is -0.125. The van der Waals surface area contributed by atoms with Crippen molar-refractivity contribution in [1.82, 2.24) is 14.5 Å². The van der Waals surface area contributed by atoms with Gasteiger partial charge in [-0.25, -0.2) is 5.01 Å². The Kier molecular flexibility index (Phi) is 12.0. The highest BCUT2D eigenvalue weighted by molar-refractivity contribution is 5.77. The van der Waals surface area contributed by atoms with Gasteiger partial charge in [-0.3, -0.25) is 19.9 Å². The summed E-state index contributed by atoms with van der Waals surface area (Å²) < 4.78 is 7.25. The van der Waals surface area contributed by atoms with Crippen LogP contribution in [0, 0.1) is 0 Å². The van der Waals surface area contributed by atoms with Gasteiger partial charge in [0.15, 0.2) is 0 Å². The van der Waals surface area contributed by atoms with Crippen molar-refractivity contribution < 1.29 is 9.53 Å². The number of carbonyl (C=O) groups excluding carboxylic acids is 1. The van der Waals surface area contributed by atoms with Crippen molar-refractivity contribution in [3.05, 3.63) is 88.2 Å². The fourth-order valence-corrected chi connectivity index (χ4v) is 4.21. The van der Waals surface area contributed by atoms with Crippen molar-refractivity contribution in [2.75, 3.05) is 25.6 Å². The van der Waals surface area contributed by atoms with E-state index in [1.54, 1.807) is 25.3 Å². The predicted octanol–water partition coefficient (Wildman–Crippen LogP) is 5.54. The number of allylic oxidation sites excluding steroid dienone is 6. The third-order valence-electron chi connectivity index (χ3n) is 6.13. The van der Waals surface area contributed by atoms with Crippen LogP contribution in [-0.4, -0.2) is 40.6 Å². The Bertz CT molecular complexity index is 1080. The van der Waals surface area contributed by atoms with Crippen LogP contribution in [0.4, 0.5) is 5.69 Å². The molecular formula is C29H42N4O3. The van der Waals surface area contributed by atoms with E-state index in [-0.39, 0.29) is 11.5 Å². The summed E-state index contributed by atoms with van der Waals surface area (Å²) in [5.41, 5.74) is 6.64. The Morgan fingerprint density at radius 1 is 1.25 bits per heavy atom. The van der Waals surface area contributed by atoms with Gasteiger partial charge in [0.25, 0.3) is 5.56 Å². The minimum atomic E-state index is -0.204. The maximum atomic E-state index is 13.0. The number of nitrogens with zero attached hydrogens (tertiary/aromatic N) is 3. The molecule has 1 aliphatic heterocycles. The van der Waals surface area contributed by atoms with Crippen LogP contribution in [0.5, 0.6) is 0 Å². The van der Waals surface area contributed by atoms with E-state index in [1.165, 1.54) is 17.5 Å². The number of hydrogen-bond donors (Lipinski definition) is 1. The van der Waals surface area contributed by atoms with Gasteiger partial charge >= 0.3 is 0 Å². The summed E-state index contributed by atoms with van der Waals surface area (Å²) >= 11 is 0.